The Morgan fingerprint density at radius 1 is 1.08 bits per heavy atom. The van der Waals surface area contributed by atoms with Gasteiger partial charge in [0.25, 0.3) is 5.91 Å². The molecule has 0 bridgehead atoms. The van der Waals surface area contributed by atoms with Crippen molar-refractivity contribution in [3.63, 3.8) is 0 Å². The van der Waals surface area contributed by atoms with Crippen molar-refractivity contribution in [3.8, 4) is 0 Å². The average molecular weight is 381 g/mol. The highest BCUT2D eigenvalue weighted by Gasteiger charge is 2.22. The van der Waals surface area contributed by atoms with E-state index in [-0.39, 0.29) is 10.8 Å². The number of benzene rings is 2. The van der Waals surface area contributed by atoms with Crippen LogP contribution in [0.15, 0.2) is 53.4 Å². The molecule has 0 aliphatic rings. The molecule has 0 fully saturated rings. The van der Waals surface area contributed by atoms with Crippen LogP contribution in [-0.2, 0) is 16.6 Å². The third-order valence-corrected chi connectivity index (χ3v) is 6.06. The van der Waals surface area contributed by atoms with Gasteiger partial charge in [0.15, 0.2) is 0 Å². The molecule has 0 spiro atoms. The van der Waals surface area contributed by atoms with Crippen LogP contribution in [0.25, 0.3) is 0 Å². The van der Waals surface area contributed by atoms with Gasteiger partial charge in [-0.3, -0.25) is 4.79 Å². The summed E-state index contributed by atoms with van der Waals surface area (Å²) in [6, 6.07) is 13.3. The Bertz CT molecular complexity index is 849. The number of rotatable bonds is 7. The van der Waals surface area contributed by atoms with Gasteiger partial charge < -0.3 is 5.32 Å². The Balaban J connectivity index is 2.16. The van der Waals surface area contributed by atoms with Crippen molar-refractivity contribution in [2.24, 2.45) is 0 Å². The van der Waals surface area contributed by atoms with Crippen molar-refractivity contribution < 1.29 is 13.2 Å². The quantitative estimate of drug-likeness (QED) is 0.801. The summed E-state index contributed by atoms with van der Waals surface area (Å²) in [4.78, 5) is 12.5. The molecule has 1 amide bonds. The van der Waals surface area contributed by atoms with Crippen molar-refractivity contribution in [1.29, 1.82) is 0 Å². The summed E-state index contributed by atoms with van der Waals surface area (Å²) in [5.74, 6) is -0.337. The number of nitrogens with zero attached hydrogens (tertiary/aromatic N) is 1. The van der Waals surface area contributed by atoms with E-state index in [1.165, 1.54) is 16.4 Å². The molecule has 0 unspecified atom stereocenters. The predicted octanol–water partition coefficient (Wildman–Crippen LogP) is 3.30. The van der Waals surface area contributed by atoms with Crippen LogP contribution in [0.5, 0.6) is 0 Å². The second-order valence-electron chi connectivity index (χ2n) is 5.43. The Hall–Kier alpha value is -1.89. The lowest BCUT2D eigenvalue weighted by Gasteiger charge is -2.18. The van der Waals surface area contributed by atoms with Crippen LogP contribution >= 0.6 is 11.6 Å². The van der Waals surface area contributed by atoms with Gasteiger partial charge in [0.05, 0.1) is 4.90 Å². The molecule has 2 rings (SSSR count). The van der Waals surface area contributed by atoms with Gasteiger partial charge in [-0.25, -0.2) is 8.42 Å². The molecule has 0 radical (unpaired) electrons. The number of carbonyl (C=O) groups excluding carboxylic acids is 1. The largest absolute Gasteiger partial charge is 0.348 e. The second-order valence-corrected chi connectivity index (χ2v) is 7.80. The van der Waals surface area contributed by atoms with Crippen LogP contribution < -0.4 is 5.32 Å². The molecule has 2 aromatic rings. The number of nitrogens with one attached hydrogen (secondary N) is 1. The predicted molar refractivity (Wildman–Crippen MR) is 99.2 cm³/mol. The molecule has 0 aliphatic heterocycles. The molecule has 0 heterocycles. The van der Waals surface area contributed by atoms with Gasteiger partial charge in [0, 0.05) is 30.2 Å². The molecule has 0 atom stereocenters. The first-order valence-electron chi connectivity index (χ1n) is 8.01. The lowest BCUT2D eigenvalue weighted by molar-refractivity contribution is 0.0950. The summed E-state index contributed by atoms with van der Waals surface area (Å²) in [7, 11) is -3.59. The lowest BCUT2D eigenvalue weighted by atomic mass is 10.2. The zero-order chi connectivity index (χ0) is 18.4. The average Bonchev–Trinajstić information content (AvgIpc) is 2.60. The van der Waals surface area contributed by atoms with E-state index < -0.39 is 10.0 Å². The first-order chi connectivity index (χ1) is 11.9. The maximum Gasteiger partial charge on any atom is 0.251 e. The highest BCUT2D eigenvalue weighted by molar-refractivity contribution is 7.89. The van der Waals surface area contributed by atoms with Crippen LogP contribution in [0.4, 0.5) is 0 Å². The minimum atomic E-state index is -3.59. The van der Waals surface area contributed by atoms with E-state index in [0.717, 1.165) is 5.56 Å². The highest BCUT2D eigenvalue weighted by atomic mass is 35.5. The summed E-state index contributed by atoms with van der Waals surface area (Å²) in [5.41, 5.74) is 1.17. The van der Waals surface area contributed by atoms with E-state index in [1.54, 1.807) is 44.2 Å². The first-order valence-corrected chi connectivity index (χ1v) is 9.83. The molecule has 0 saturated heterocycles. The molecule has 134 valence electrons. The number of hydrogen-bond donors (Lipinski definition) is 1. The third-order valence-electron chi connectivity index (χ3n) is 3.78. The van der Waals surface area contributed by atoms with Gasteiger partial charge in [-0.05, 0) is 35.9 Å². The first kappa shape index (κ1) is 19.4. The number of amides is 1. The number of carbonyl (C=O) groups is 1. The zero-order valence-corrected chi connectivity index (χ0v) is 15.8. The van der Waals surface area contributed by atoms with E-state index in [2.05, 4.69) is 5.32 Å². The molecule has 25 heavy (non-hydrogen) atoms. The summed E-state index contributed by atoms with van der Waals surface area (Å²) in [5, 5.41) is 3.37. The summed E-state index contributed by atoms with van der Waals surface area (Å²) in [6.45, 7) is 4.63. The van der Waals surface area contributed by atoms with Gasteiger partial charge in [-0.15, -0.1) is 0 Å². The lowest BCUT2D eigenvalue weighted by Crippen LogP contribution is -2.31. The highest BCUT2D eigenvalue weighted by Crippen LogP contribution is 2.17. The fourth-order valence-electron chi connectivity index (χ4n) is 2.44. The second kappa shape index (κ2) is 8.47. The SMILES string of the molecule is CCN(CC)S(=O)(=O)c1cccc(C(=O)NCc2cccc(Cl)c2)c1. The van der Waals surface area contributed by atoms with E-state index in [0.29, 0.717) is 30.2 Å². The maximum absolute atomic E-state index is 12.6. The summed E-state index contributed by atoms with van der Waals surface area (Å²) in [6.07, 6.45) is 0. The van der Waals surface area contributed by atoms with E-state index >= 15 is 0 Å². The fourth-order valence-corrected chi connectivity index (χ4v) is 4.16. The Morgan fingerprint density at radius 3 is 2.40 bits per heavy atom. The van der Waals surface area contributed by atoms with Gasteiger partial charge >= 0.3 is 0 Å². The van der Waals surface area contributed by atoms with Crippen molar-refractivity contribution in [1.82, 2.24) is 9.62 Å². The van der Waals surface area contributed by atoms with Crippen LogP contribution in [0.2, 0.25) is 5.02 Å². The zero-order valence-electron chi connectivity index (χ0n) is 14.2. The van der Waals surface area contributed by atoms with Crippen molar-refractivity contribution in [3.05, 3.63) is 64.7 Å². The number of sulfonamides is 1. The molecule has 7 heteroatoms. The van der Waals surface area contributed by atoms with Crippen LogP contribution in [-0.4, -0.2) is 31.7 Å². The smallest absolute Gasteiger partial charge is 0.251 e. The number of halogens is 1. The molecule has 0 aliphatic carbocycles. The van der Waals surface area contributed by atoms with Gasteiger partial charge in [0.2, 0.25) is 10.0 Å². The summed E-state index contributed by atoms with van der Waals surface area (Å²) < 4.78 is 26.5. The molecule has 5 nitrogen and oxygen atoms in total. The Kier molecular flexibility index (Phi) is 6.58. The minimum Gasteiger partial charge on any atom is -0.348 e. The van der Waals surface area contributed by atoms with E-state index in [1.807, 2.05) is 6.07 Å². The molecule has 0 aromatic heterocycles. The fraction of sp³-hybridized carbons (Fsp3) is 0.278. The Labute approximate surface area is 153 Å². The molecular formula is C18H21ClN2O3S. The van der Waals surface area contributed by atoms with Crippen LogP contribution in [0.3, 0.4) is 0 Å². The molecular weight excluding hydrogens is 360 g/mol. The van der Waals surface area contributed by atoms with E-state index in [4.69, 9.17) is 11.6 Å². The number of hydrogen-bond acceptors (Lipinski definition) is 3. The standard InChI is InChI=1S/C18H21ClN2O3S/c1-3-21(4-2)25(23,24)17-10-6-8-15(12-17)18(22)20-13-14-7-5-9-16(19)11-14/h5-12H,3-4,13H2,1-2H3,(H,20,22). The van der Waals surface area contributed by atoms with Crippen LogP contribution in [0, 0.1) is 0 Å². The van der Waals surface area contributed by atoms with Crippen molar-refractivity contribution >= 4 is 27.5 Å². The topological polar surface area (TPSA) is 66.5 Å². The summed E-state index contributed by atoms with van der Waals surface area (Å²) >= 11 is 5.92. The van der Waals surface area contributed by atoms with Crippen LogP contribution in [0.1, 0.15) is 29.8 Å². The maximum atomic E-state index is 12.6. The minimum absolute atomic E-state index is 0.117. The van der Waals surface area contributed by atoms with Gasteiger partial charge in [-0.2, -0.15) is 4.31 Å². The van der Waals surface area contributed by atoms with E-state index in [9.17, 15) is 13.2 Å². The monoisotopic (exact) mass is 380 g/mol. The van der Waals surface area contributed by atoms with Gasteiger partial charge in [-0.1, -0.05) is 43.6 Å². The van der Waals surface area contributed by atoms with Crippen molar-refractivity contribution in [2.75, 3.05) is 13.1 Å². The molecule has 1 N–H and O–H groups in total. The van der Waals surface area contributed by atoms with Gasteiger partial charge in [0.1, 0.15) is 0 Å². The third kappa shape index (κ3) is 4.81. The van der Waals surface area contributed by atoms with Crippen molar-refractivity contribution in [2.45, 2.75) is 25.3 Å². The normalized spacial score (nSPS) is 11.5. The molecule has 0 saturated carbocycles. The molecule has 2 aromatic carbocycles. The Morgan fingerprint density at radius 2 is 1.76 bits per heavy atom.